The van der Waals surface area contributed by atoms with E-state index in [1.807, 2.05) is 0 Å². The maximum Gasteiger partial charge on any atom is 0.300 e. The third-order valence-corrected chi connectivity index (χ3v) is 5.60. The number of ether oxygens (including phenoxy) is 1. The molecule has 1 amide bonds. The van der Waals surface area contributed by atoms with Crippen molar-refractivity contribution in [1.82, 2.24) is 0 Å². The number of aromatic hydroxyl groups is 1. The van der Waals surface area contributed by atoms with Gasteiger partial charge in [-0.15, -0.1) is 0 Å². The summed E-state index contributed by atoms with van der Waals surface area (Å²) in [4.78, 5) is 27.2. The minimum absolute atomic E-state index is 0.0121. The molecule has 8 heteroatoms. The van der Waals surface area contributed by atoms with E-state index >= 15 is 0 Å². The number of ketones is 1. The molecule has 0 bridgehead atoms. The number of para-hydroxylation sites is 2. The van der Waals surface area contributed by atoms with E-state index in [1.165, 1.54) is 48.5 Å². The molecular weight excluding hydrogens is 449 g/mol. The predicted molar refractivity (Wildman–Crippen MR) is 122 cm³/mol. The van der Waals surface area contributed by atoms with Gasteiger partial charge in [0, 0.05) is 11.1 Å². The highest BCUT2D eigenvalue weighted by atomic mass is 35.5. The van der Waals surface area contributed by atoms with Crippen molar-refractivity contribution < 1.29 is 28.9 Å². The molecule has 3 aromatic carbocycles. The lowest BCUT2D eigenvalue weighted by Crippen LogP contribution is -2.29. The lowest BCUT2D eigenvalue weighted by Gasteiger charge is -2.26. The van der Waals surface area contributed by atoms with Crippen LogP contribution in [0.15, 0.2) is 72.3 Å². The Morgan fingerprint density at radius 2 is 1.79 bits per heavy atom. The van der Waals surface area contributed by atoms with Crippen LogP contribution in [0.3, 0.4) is 0 Å². The van der Waals surface area contributed by atoms with Gasteiger partial charge >= 0.3 is 0 Å². The van der Waals surface area contributed by atoms with Crippen LogP contribution >= 0.6 is 11.6 Å². The Morgan fingerprint density at radius 1 is 1.09 bits per heavy atom. The van der Waals surface area contributed by atoms with Gasteiger partial charge in [-0.25, -0.2) is 4.39 Å². The lowest BCUT2D eigenvalue weighted by atomic mass is 9.94. The molecule has 0 spiro atoms. The Balaban J connectivity index is 1.97. The molecule has 1 aliphatic rings. The zero-order chi connectivity index (χ0) is 23.7. The normalized spacial score (nSPS) is 17.4. The van der Waals surface area contributed by atoms with Crippen molar-refractivity contribution in [1.29, 1.82) is 0 Å². The van der Waals surface area contributed by atoms with E-state index in [1.54, 1.807) is 25.1 Å². The summed E-state index contributed by atoms with van der Waals surface area (Å²) in [5.74, 6) is -3.22. The number of carbonyl (C=O) groups excluding carboxylic acids is 2. The molecule has 1 atom stereocenters. The lowest BCUT2D eigenvalue weighted by molar-refractivity contribution is -0.132. The number of aliphatic hydroxyl groups excluding tert-OH is 1. The number of amides is 1. The van der Waals surface area contributed by atoms with Crippen molar-refractivity contribution in [2.45, 2.75) is 13.0 Å². The van der Waals surface area contributed by atoms with Crippen LogP contribution in [0.2, 0.25) is 5.02 Å². The molecule has 3 aromatic rings. The topological polar surface area (TPSA) is 87.1 Å². The SMILES string of the molecule is CCOc1cc(/C(O)=C2\C(=O)C(=O)N(c3ccccc3O)C2c2ccccc2F)ccc1Cl. The van der Waals surface area contributed by atoms with Crippen molar-refractivity contribution in [2.24, 2.45) is 0 Å². The number of phenols is 1. The van der Waals surface area contributed by atoms with Gasteiger partial charge in [0.1, 0.15) is 23.1 Å². The minimum atomic E-state index is -1.31. The fourth-order valence-electron chi connectivity index (χ4n) is 3.81. The fraction of sp³-hybridized carbons (Fsp3) is 0.120. The standard InChI is InChI=1S/C25H19ClFNO5/c1-2-33-20-13-14(11-12-16(20)26)23(30)21-22(15-7-3-4-8-17(15)27)28(25(32)24(21)31)18-9-5-6-10-19(18)29/h3-13,22,29-30H,2H2,1H3/b23-21+. The Labute approximate surface area is 194 Å². The van der Waals surface area contributed by atoms with Crippen molar-refractivity contribution in [3.05, 3.63) is 94.3 Å². The van der Waals surface area contributed by atoms with Gasteiger partial charge in [-0.3, -0.25) is 14.5 Å². The number of aliphatic hydroxyl groups is 1. The smallest absolute Gasteiger partial charge is 0.300 e. The second-order valence-electron chi connectivity index (χ2n) is 7.26. The van der Waals surface area contributed by atoms with E-state index in [0.717, 1.165) is 4.90 Å². The van der Waals surface area contributed by atoms with E-state index in [2.05, 4.69) is 0 Å². The minimum Gasteiger partial charge on any atom is -0.507 e. The van der Waals surface area contributed by atoms with E-state index in [9.17, 15) is 24.2 Å². The Bertz CT molecular complexity index is 1290. The van der Waals surface area contributed by atoms with E-state index in [4.69, 9.17) is 16.3 Å². The largest absolute Gasteiger partial charge is 0.507 e. The molecule has 1 aliphatic heterocycles. The zero-order valence-electron chi connectivity index (χ0n) is 17.5. The summed E-state index contributed by atoms with van der Waals surface area (Å²) in [6.45, 7) is 2.08. The summed E-state index contributed by atoms with van der Waals surface area (Å²) in [7, 11) is 0. The quantitative estimate of drug-likeness (QED) is 0.305. The molecule has 6 nitrogen and oxygen atoms in total. The molecule has 1 saturated heterocycles. The Kier molecular flexibility index (Phi) is 6.07. The average Bonchev–Trinajstić information content (AvgIpc) is 3.06. The van der Waals surface area contributed by atoms with Crippen molar-refractivity contribution in [3.8, 4) is 11.5 Å². The predicted octanol–water partition coefficient (Wildman–Crippen LogP) is 5.21. The van der Waals surface area contributed by atoms with Crippen LogP contribution in [-0.2, 0) is 9.59 Å². The number of phenolic OH excluding ortho intramolecular Hbond substituents is 1. The molecule has 1 heterocycles. The number of anilines is 1. The Hall–Kier alpha value is -3.84. The Morgan fingerprint density at radius 3 is 2.48 bits per heavy atom. The second-order valence-corrected chi connectivity index (χ2v) is 7.66. The summed E-state index contributed by atoms with van der Waals surface area (Å²) in [5, 5.41) is 21.8. The first kappa shape index (κ1) is 22.4. The number of hydrogen-bond acceptors (Lipinski definition) is 5. The van der Waals surface area contributed by atoms with Crippen molar-refractivity contribution >= 4 is 34.7 Å². The number of halogens is 2. The summed E-state index contributed by atoms with van der Waals surface area (Å²) in [6, 6.07) is 14.6. The first-order chi connectivity index (χ1) is 15.8. The molecule has 4 rings (SSSR count). The van der Waals surface area contributed by atoms with Crippen molar-refractivity contribution in [3.63, 3.8) is 0 Å². The average molecular weight is 468 g/mol. The number of Topliss-reactive ketones (excluding diaryl/α,β-unsaturated/α-hetero) is 1. The zero-order valence-corrected chi connectivity index (χ0v) is 18.2. The number of carbonyl (C=O) groups is 2. The third-order valence-electron chi connectivity index (χ3n) is 5.29. The molecule has 0 saturated carbocycles. The van der Waals surface area contributed by atoms with Crippen LogP contribution in [0.4, 0.5) is 10.1 Å². The number of benzene rings is 3. The second kappa shape index (κ2) is 8.96. The summed E-state index contributed by atoms with van der Waals surface area (Å²) < 4.78 is 20.3. The van der Waals surface area contributed by atoms with E-state index in [0.29, 0.717) is 11.6 Å². The van der Waals surface area contributed by atoms with Gasteiger partial charge in [0.25, 0.3) is 11.7 Å². The molecule has 1 unspecified atom stereocenters. The highest BCUT2D eigenvalue weighted by Crippen LogP contribution is 2.45. The summed E-state index contributed by atoms with van der Waals surface area (Å²) in [6.07, 6.45) is 0. The molecule has 0 radical (unpaired) electrons. The van der Waals surface area contributed by atoms with Crippen LogP contribution in [-0.4, -0.2) is 28.5 Å². The maximum absolute atomic E-state index is 14.9. The van der Waals surface area contributed by atoms with Gasteiger partial charge in [0.15, 0.2) is 0 Å². The molecule has 1 fully saturated rings. The highest BCUT2D eigenvalue weighted by Gasteiger charge is 2.48. The van der Waals surface area contributed by atoms with Crippen LogP contribution < -0.4 is 9.64 Å². The fourth-order valence-corrected chi connectivity index (χ4v) is 3.98. The maximum atomic E-state index is 14.9. The number of hydrogen-bond donors (Lipinski definition) is 2. The van der Waals surface area contributed by atoms with E-state index < -0.39 is 29.3 Å². The molecule has 0 aliphatic carbocycles. The van der Waals surface area contributed by atoms with E-state index in [-0.39, 0.29) is 33.9 Å². The van der Waals surface area contributed by atoms with Crippen molar-refractivity contribution in [2.75, 3.05) is 11.5 Å². The van der Waals surface area contributed by atoms with Gasteiger partial charge in [0.05, 0.1) is 28.9 Å². The van der Waals surface area contributed by atoms with Gasteiger partial charge in [0.2, 0.25) is 0 Å². The van der Waals surface area contributed by atoms with Crippen LogP contribution in [0.1, 0.15) is 24.1 Å². The summed E-state index contributed by atoms with van der Waals surface area (Å²) >= 11 is 6.13. The molecule has 33 heavy (non-hydrogen) atoms. The third kappa shape index (κ3) is 3.91. The number of rotatable bonds is 5. The molecule has 168 valence electrons. The summed E-state index contributed by atoms with van der Waals surface area (Å²) in [5.41, 5.74) is -0.156. The van der Waals surface area contributed by atoms with Gasteiger partial charge < -0.3 is 14.9 Å². The number of nitrogens with zero attached hydrogens (tertiary/aromatic N) is 1. The van der Waals surface area contributed by atoms with Gasteiger partial charge in [-0.1, -0.05) is 41.9 Å². The van der Waals surface area contributed by atoms with Crippen LogP contribution in [0.25, 0.3) is 5.76 Å². The van der Waals surface area contributed by atoms with Gasteiger partial charge in [-0.2, -0.15) is 0 Å². The first-order valence-electron chi connectivity index (χ1n) is 10.1. The monoisotopic (exact) mass is 467 g/mol. The van der Waals surface area contributed by atoms with Gasteiger partial charge in [-0.05, 0) is 43.3 Å². The molecule has 0 aromatic heterocycles. The van der Waals surface area contributed by atoms with Crippen LogP contribution in [0, 0.1) is 5.82 Å². The molecular formula is C25H19ClFNO5. The highest BCUT2D eigenvalue weighted by molar-refractivity contribution is 6.52. The molecule has 2 N–H and O–H groups in total. The van der Waals surface area contributed by atoms with Crippen LogP contribution in [0.5, 0.6) is 11.5 Å². The first-order valence-corrected chi connectivity index (χ1v) is 10.5.